The van der Waals surface area contributed by atoms with E-state index in [1.54, 1.807) is 0 Å². The molecule has 0 spiro atoms. The first-order valence-electron chi connectivity index (χ1n) is 8.81. The summed E-state index contributed by atoms with van der Waals surface area (Å²) in [5, 5.41) is 19.1. The van der Waals surface area contributed by atoms with E-state index in [2.05, 4.69) is 27.4 Å². The van der Waals surface area contributed by atoms with Crippen molar-refractivity contribution in [1.29, 1.82) is 5.26 Å². The average molecular weight is 338 g/mol. The van der Waals surface area contributed by atoms with E-state index in [0.29, 0.717) is 12.5 Å². The van der Waals surface area contributed by atoms with Gasteiger partial charge >= 0.3 is 0 Å². The second kappa shape index (κ2) is 6.47. The van der Waals surface area contributed by atoms with Gasteiger partial charge < -0.3 is 10.1 Å². The van der Waals surface area contributed by atoms with Crippen LogP contribution in [0.25, 0.3) is 16.7 Å². The Kier molecular flexibility index (Phi) is 4.15. The summed E-state index contributed by atoms with van der Waals surface area (Å²) in [6, 6.07) is 4.09. The molecule has 1 aliphatic rings. The van der Waals surface area contributed by atoms with Gasteiger partial charge in [0.1, 0.15) is 12.1 Å². The van der Waals surface area contributed by atoms with Crippen molar-refractivity contribution in [2.45, 2.75) is 38.3 Å². The molecule has 4 heterocycles. The highest BCUT2D eigenvalue weighted by Gasteiger charge is 2.34. The number of aliphatic hydroxyl groups is 1. The topological polar surface area (TPSA) is 93.2 Å². The lowest BCUT2D eigenvalue weighted by molar-refractivity contribution is -0.0216. The summed E-state index contributed by atoms with van der Waals surface area (Å²) >= 11 is 0. The Hall–Kier alpha value is -2.43. The van der Waals surface area contributed by atoms with E-state index in [0.717, 1.165) is 41.9 Å². The number of imidazole rings is 1. The number of hydrogen-bond donors (Lipinski definition) is 2. The van der Waals surface area contributed by atoms with E-state index < -0.39 is 6.23 Å². The molecule has 0 aromatic carbocycles. The monoisotopic (exact) mass is 338 g/mol. The van der Waals surface area contributed by atoms with Crippen molar-refractivity contribution in [3.8, 4) is 6.07 Å². The predicted molar refractivity (Wildman–Crippen MR) is 93.8 cm³/mol. The number of nitrogens with one attached hydrogen (secondary N) is 1. The molecule has 7 nitrogen and oxygen atoms in total. The third-order valence-corrected chi connectivity index (χ3v) is 5.43. The number of hydrogen-bond acceptors (Lipinski definition) is 5. The lowest BCUT2D eigenvalue weighted by Crippen LogP contribution is -2.45. The molecule has 0 aliphatic carbocycles. The van der Waals surface area contributed by atoms with Crippen LogP contribution in [0.5, 0.6) is 0 Å². The largest absolute Gasteiger partial charge is 0.377 e. The van der Waals surface area contributed by atoms with E-state index in [4.69, 9.17) is 10.2 Å². The molecule has 25 heavy (non-hydrogen) atoms. The van der Waals surface area contributed by atoms with Crippen molar-refractivity contribution in [3.63, 3.8) is 0 Å². The Morgan fingerprint density at radius 1 is 1.44 bits per heavy atom. The Balaban J connectivity index is 1.76. The maximum absolute atomic E-state index is 10.3. The zero-order valence-corrected chi connectivity index (χ0v) is 14.3. The molecule has 130 valence electrons. The van der Waals surface area contributed by atoms with E-state index in [-0.39, 0.29) is 12.3 Å². The molecular weight excluding hydrogens is 316 g/mol. The third-order valence-electron chi connectivity index (χ3n) is 5.43. The van der Waals surface area contributed by atoms with Gasteiger partial charge in [-0.05, 0) is 18.4 Å². The van der Waals surface area contributed by atoms with Crippen molar-refractivity contribution in [3.05, 3.63) is 30.5 Å². The maximum Gasteiger partial charge on any atom is 0.154 e. The fourth-order valence-corrected chi connectivity index (χ4v) is 4.05. The Bertz CT molecular complexity index is 923. The number of aliphatic hydroxyl groups excluding tert-OH is 1. The molecule has 4 rings (SSSR count). The summed E-state index contributed by atoms with van der Waals surface area (Å²) in [6.07, 6.45) is 7.10. The number of aromatic amines is 1. The zero-order valence-electron chi connectivity index (χ0n) is 14.3. The van der Waals surface area contributed by atoms with Crippen LogP contribution in [0.3, 0.4) is 0 Å². The van der Waals surface area contributed by atoms with Gasteiger partial charge in [0.05, 0.1) is 35.9 Å². The lowest BCUT2D eigenvalue weighted by Gasteiger charge is -2.39. The first-order chi connectivity index (χ1) is 12.2. The molecule has 1 unspecified atom stereocenters. The number of rotatable bonds is 4. The molecule has 1 aliphatic heterocycles. The quantitative estimate of drug-likeness (QED) is 0.761. The van der Waals surface area contributed by atoms with Gasteiger partial charge in [-0.1, -0.05) is 13.3 Å². The summed E-state index contributed by atoms with van der Waals surface area (Å²) in [5.41, 5.74) is 2.85. The van der Waals surface area contributed by atoms with E-state index in [9.17, 15) is 5.11 Å². The number of H-pyrrole nitrogens is 1. The van der Waals surface area contributed by atoms with Gasteiger partial charge in [-0.3, -0.25) is 9.30 Å². The van der Waals surface area contributed by atoms with Gasteiger partial charge in [0.2, 0.25) is 0 Å². The standard InChI is InChI=1S/C18H22N6O/c1-2-12-5-8-23(16(25)3-6-19)11-14(12)18-22-10-13-9-21-17-15(24(13)18)4-7-20-17/h4,7,9-10,12,14,16,20,25H,2-3,5,8,11H2,1H3/t12-,14+,16?/m1/s1. The minimum absolute atomic E-state index is 0.137. The van der Waals surface area contributed by atoms with Crippen LogP contribution in [0, 0.1) is 17.2 Å². The first kappa shape index (κ1) is 16.1. The number of piperidine rings is 1. The van der Waals surface area contributed by atoms with Crippen molar-refractivity contribution < 1.29 is 5.11 Å². The number of likely N-dealkylation sites (tertiary alicyclic amines) is 1. The average Bonchev–Trinajstić information content (AvgIpc) is 3.27. The summed E-state index contributed by atoms with van der Waals surface area (Å²) in [6.45, 7) is 3.75. The third kappa shape index (κ3) is 2.68. The number of aromatic nitrogens is 4. The Morgan fingerprint density at radius 2 is 2.28 bits per heavy atom. The van der Waals surface area contributed by atoms with Gasteiger partial charge in [-0.15, -0.1) is 0 Å². The van der Waals surface area contributed by atoms with E-state index >= 15 is 0 Å². The van der Waals surface area contributed by atoms with Crippen molar-refractivity contribution in [2.75, 3.05) is 13.1 Å². The van der Waals surface area contributed by atoms with Crippen LogP contribution in [0.1, 0.15) is 37.9 Å². The molecule has 0 amide bonds. The second-order valence-electron chi connectivity index (χ2n) is 6.75. The highest BCUT2D eigenvalue weighted by atomic mass is 16.3. The van der Waals surface area contributed by atoms with Crippen molar-refractivity contribution >= 4 is 16.7 Å². The molecule has 3 aromatic rings. The van der Waals surface area contributed by atoms with Gasteiger partial charge in [0.25, 0.3) is 0 Å². The summed E-state index contributed by atoms with van der Waals surface area (Å²) < 4.78 is 2.17. The number of fused-ring (bicyclic) bond motifs is 3. The van der Waals surface area contributed by atoms with Crippen LogP contribution in [-0.4, -0.2) is 48.7 Å². The highest BCUT2D eigenvalue weighted by Crippen LogP contribution is 2.35. The molecule has 3 atom stereocenters. The zero-order chi connectivity index (χ0) is 17.4. The van der Waals surface area contributed by atoms with Gasteiger partial charge in [-0.25, -0.2) is 9.97 Å². The molecule has 0 bridgehead atoms. The Morgan fingerprint density at radius 3 is 3.08 bits per heavy atom. The van der Waals surface area contributed by atoms with Crippen LogP contribution < -0.4 is 0 Å². The van der Waals surface area contributed by atoms with E-state index in [1.165, 1.54) is 0 Å². The molecule has 0 saturated carbocycles. The molecule has 3 aromatic heterocycles. The molecule has 7 heteroatoms. The van der Waals surface area contributed by atoms with Crippen LogP contribution >= 0.6 is 0 Å². The molecule has 1 fully saturated rings. The molecule has 2 N–H and O–H groups in total. The fourth-order valence-electron chi connectivity index (χ4n) is 4.05. The minimum atomic E-state index is -0.703. The Labute approximate surface area is 145 Å². The molecular formula is C18H22N6O. The predicted octanol–water partition coefficient (Wildman–Crippen LogP) is 2.26. The van der Waals surface area contributed by atoms with Crippen molar-refractivity contribution in [2.24, 2.45) is 5.92 Å². The lowest BCUT2D eigenvalue weighted by atomic mass is 9.82. The summed E-state index contributed by atoms with van der Waals surface area (Å²) in [7, 11) is 0. The number of nitriles is 1. The van der Waals surface area contributed by atoms with Crippen LogP contribution in [0.2, 0.25) is 0 Å². The van der Waals surface area contributed by atoms with Gasteiger partial charge in [-0.2, -0.15) is 5.26 Å². The maximum atomic E-state index is 10.3. The van der Waals surface area contributed by atoms with Crippen molar-refractivity contribution in [1.82, 2.24) is 24.3 Å². The smallest absolute Gasteiger partial charge is 0.154 e. The van der Waals surface area contributed by atoms with Crippen LogP contribution in [0.4, 0.5) is 0 Å². The van der Waals surface area contributed by atoms with E-state index in [1.807, 2.05) is 29.6 Å². The van der Waals surface area contributed by atoms with Crippen LogP contribution in [0.15, 0.2) is 24.7 Å². The highest BCUT2D eigenvalue weighted by molar-refractivity contribution is 5.75. The second-order valence-corrected chi connectivity index (χ2v) is 6.75. The summed E-state index contributed by atoms with van der Waals surface area (Å²) in [5.74, 6) is 1.75. The first-order valence-corrected chi connectivity index (χ1v) is 8.81. The minimum Gasteiger partial charge on any atom is -0.377 e. The van der Waals surface area contributed by atoms with Gasteiger partial charge in [0.15, 0.2) is 5.65 Å². The van der Waals surface area contributed by atoms with Gasteiger partial charge in [0, 0.05) is 25.2 Å². The summed E-state index contributed by atoms with van der Waals surface area (Å²) in [4.78, 5) is 14.3. The molecule has 0 radical (unpaired) electrons. The fraction of sp³-hybridized carbons (Fsp3) is 0.500. The van der Waals surface area contributed by atoms with Crippen LogP contribution in [-0.2, 0) is 0 Å². The SMILES string of the molecule is CC[C@@H]1CCN(C(O)CC#N)C[C@@H]1c1ncc2cnc3[nH]ccc3n12. The number of nitrogens with zero attached hydrogens (tertiary/aromatic N) is 5. The molecule has 1 saturated heterocycles. The normalized spacial score (nSPS) is 23.1.